The fourth-order valence-corrected chi connectivity index (χ4v) is 2.58. The summed E-state index contributed by atoms with van der Waals surface area (Å²) in [5.74, 6) is -1.72. The molecule has 114 valence electrons. The number of hydrogen-bond donors (Lipinski definition) is 2. The molecule has 1 aromatic rings. The molecule has 1 fully saturated rings. The topological polar surface area (TPSA) is 106 Å². The largest absolute Gasteiger partial charge is 0.481 e. The first kappa shape index (κ1) is 15.2. The van der Waals surface area contributed by atoms with Gasteiger partial charge in [0.25, 0.3) is 5.91 Å². The monoisotopic (exact) mass is 293 g/mol. The molecule has 7 heteroatoms. The zero-order valence-electron chi connectivity index (χ0n) is 12.1. The van der Waals surface area contributed by atoms with E-state index in [1.807, 2.05) is 13.8 Å². The van der Waals surface area contributed by atoms with Crippen molar-refractivity contribution in [1.82, 2.24) is 4.98 Å². The van der Waals surface area contributed by atoms with Crippen molar-refractivity contribution in [3.05, 3.63) is 23.4 Å². The van der Waals surface area contributed by atoms with Gasteiger partial charge in [-0.25, -0.2) is 4.98 Å². The van der Waals surface area contributed by atoms with Crippen LogP contribution in [0.3, 0.4) is 0 Å². The highest BCUT2D eigenvalue weighted by atomic mass is 16.5. The fraction of sp³-hybridized carbons (Fsp3) is 0.500. The summed E-state index contributed by atoms with van der Waals surface area (Å²) in [6, 6.07) is 2.96. The third kappa shape index (κ3) is 2.97. The van der Waals surface area contributed by atoms with Crippen molar-refractivity contribution in [2.45, 2.75) is 19.9 Å². The van der Waals surface area contributed by atoms with Gasteiger partial charge < -0.3 is 20.5 Å². The Hall–Kier alpha value is -2.15. The Morgan fingerprint density at radius 3 is 2.76 bits per heavy atom. The van der Waals surface area contributed by atoms with E-state index in [2.05, 4.69) is 4.98 Å². The van der Waals surface area contributed by atoms with Crippen LogP contribution < -0.4 is 10.6 Å². The van der Waals surface area contributed by atoms with E-state index in [1.54, 1.807) is 17.0 Å². The fourth-order valence-electron chi connectivity index (χ4n) is 2.58. The molecule has 2 unspecified atom stereocenters. The molecule has 2 rings (SSSR count). The number of anilines is 1. The van der Waals surface area contributed by atoms with E-state index in [9.17, 15) is 14.7 Å². The summed E-state index contributed by atoms with van der Waals surface area (Å²) in [6.07, 6.45) is 0. The van der Waals surface area contributed by atoms with Crippen molar-refractivity contribution in [3.8, 4) is 0 Å². The predicted octanol–water partition coefficient (Wildman–Crippen LogP) is 0.415. The number of rotatable bonds is 5. The van der Waals surface area contributed by atoms with Gasteiger partial charge in [-0.3, -0.25) is 9.59 Å². The minimum absolute atomic E-state index is 0.161. The first-order valence-corrected chi connectivity index (χ1v) is 6.80. The van der Waals surface area contributed by atoms with Gasteiger partial charge in [0.1, 0.15) is 11.7 Å². The second-order valence-electron chi connectivity index (χ2n) is 5.02. The third-order valence-corrected chi connectivity index (χ3v) is 3.66. The number of ether oxygens (including phenoxy) is 1. The van der Waals surface area contributed by atoms with Gasteiger partial charge in [0.05, 0.1) is 24.8 Å². The molecule has 21 heavy (non-hydrogen) atoms. The highest BCUT2D eigenvalue weighted by Crippen LogP contribution is 2.27. The SMILES string of the molecule is CCN(c1nc(C)ccc1C(N)=O)C1COCC1C(=O)O. The van der Waals surface area contributed by atoms with Gasteiger partial charge in [0.2, 0.25) is 0 Å². The van der Waals surface area contributed by atoms with E-state index in [-0.39, 0.29) is 12.6 Å². The molecular formula is C14H19N3O4. The van der Waals surface area contributed by atoms with Crippen molar-refractivity contribution < 1.29 is 19.4 Å². The number of carbonyl (C=O) groups excluding carboxylic acids is 1. The van der Waals surface area contributed by atoms with Crippen molar-refractivity contribution >= 4 is 17.7 Å². The Kier molecular flexibility index (Phi) is 4.42. The number of nitrogens with two attached hydrogens (primary N) is 1. The Morgan fingerprint density at radius 2 is 2.19 bits per heavy atom. The van der Waals surface area contributed by atoms with Gasteiger partial charge in [0.15, 0.2) is 0 Å². The van der Waals surface area contributed by atoms with Gasteiger partial charge in [-0.05, 0) is 26.0 Å². The molecule has 1 saturated heterocycles. The number of primary amides is 1. The van der Waals surface area contributed by atoms with Crippen molar-refractivity contribution in [1.29, 1.82) is 0 Å². The molecule has 1 amide bonds. The minimum atomic E-state index is -0.913. The molecule has 0 aromatic carbocycles. The molecule has 1 aliphatic rings. The number of aryl methyl sites for hydroxylation is 1. The molecule has 0 aliphatic carbocycles. The number of aromatic nitrogens is 1. The van der Waals surface area contributed by atoms with Crippen LogP contribution in [-0.2, 0) is 9.53 Å². The molecule has 0 bridgehead atoms. The smallest absolute Gasteiger partial charge is 0.311 e. The van der Waals surface area contributed by atoms with Crippen LogP contribution in [0.4, 0.5) is 5.82 Å². The van der Waals surface area contributed by atoms with Gasteiger partial charge in [-0.15, -0.1) is 0 Å². The van der Waals surface area contributed by atoms with Crippen LogP contribution in [0, 0.1) is 12.8 Å². The zero-order valence-corrected chi connectivity index (χ0v) is 12.1. The molecule has 1 aliphatic heterocycles. The molecule has 1 aromatic heterocycles. The van der Waals surface area contributed by atoms with E-state index >= 15 is 0 Å². The number of carboxylic acid groups (broad SMARTS) is 1. The summed E-state index contributed by atoms with van der Waals surface area (Å²) in [7, 11) is 0. The summed E-state index contributed by atoms with van der Waals surface area (Å²) in [5.41, 5.74) is 6.42. The zero-order chi connectivity index (χ0) is 15.6. The Morgan fingerprint density at radius 1 is 1.48 bits per heavy atom. The van der Waals surface area contributed by atoms with E-state index in [4.69, 9.17) is 10.5 Å². The lowest BCUT2D eigenvalue weighted by Gasteiger charge is -2.31. The molecule has 7 nitrogen and oxygen atoms in total. The number of pyridine rings is 1. The second kappa shape index (κ2) is 6.09. The average Bonchev–Trinajstić information content (AvgIpc) is 2.89. The Bertz CT molecular complexity index is 561. The highest BCUT2D eigenvalue weighted by Gasteiger charge is 2.39. The number of aliphatic carboxylic acids is 1. The van der Waals surface area contributed by atoms with Crippen LogP contribution in [0.5, 0.6) is 0 Å². The van der Waals surface area contributed by atoms with Crippen LogP contribution in [-0.4, -0.2) is 47.8 Å². The van der Waals surface area contributed by atoms with E-state index < -0.39 is 17.8 Å². The first-order chi connectivity index (χ1) is 9.95. The maximum Gasteiger partial charge on any atom is 0.311 e. The lowest BCUT2D eigenvalue weighted by Crippen LogP contribution is -2.44. The van der Waals surface area contributed by atoms with Crippen molar-refractivity contribution in [2.24, 2.45) is 11.7 Å². The lowest BCUT2D eigenvalue weighted by atomic mass is 10.0. The molecular weight excluding hydrogens is 274 g/mol. The predicted molar refractivity (Wildman–Crippen MR) is 76.2 cm³/mol. The molecule has 0 saturated carbocycles. The maximum absolute atomic E-state index is 11.6. The van der Waals surface area contributed by atoms with Crippen LogP contribution in [0.15, 0.2) is 12.1 Å². The van der Waals surface area contributed by atoms with Crippen molar-refractivity contribution in [2.75, 3.05) is 24.7 Å². The number of carboxylic acids is 1. The minimum Gasteiger partial charge on any atom is -0.481 e. The first-order valence-electron chi connectivity index (χ1n) is 6.80. The molecule has 2 heterocycles. The van der Waals surface area contributed by atoms with Crippen LogP contribution in [0.1, 0.15) is 23.0 Å². The summed E-state index contributed by atoms with van der Waals surface area (Å²) in [4.78, 5) is 29.1. The Labute approximate surface area is 122 Å². The summed E-state index contributed by atoms with van der Waals surface area (Å²) in [6.45, 7) is 4.65. The standard InChI is InChI=1S/C14H19N3O4/c1-3-17(11-7-21-6-10(11)14(19)20)13-9(12(15)18)5-4-8(2)16-13/h4-5,10-11H,3,6-7H2,1-2H3,(H2,15,18)(H,19,20). The van der Waals surface area contributed by atoms with Crippen LogP contribution >= 0.6 is 0 Å². The van der Waals surface area contributed by atoms with Crippen LogP contribution in [0.25, 0.3) is 0 Å². The average molecular weight is 293 g/mol. The van der Waals surface area contributed by atoms with Gasteiger partial charge in [-0.2, -0.15) is 0 Å². The van der Waals surface area contributed by atoms with Crippen LogP contribution in [0.2, 0.25) is 0 Å². The van der Waals surface area contributed by atoms with E-state index in [1.165, 1.54) is 0 Å². The van der Waals surface area contributed by atoms with E-state index in [0.717, 1.165) is 5.69 Å². The maximum atomic E-state index is 11.6. The molecule has 3 N–H and O–H groups in total. The van der Waals surface area contributed by atoms with Gasteiger partial charge >= 0.3 is 5.97 Å². The van der Waals surface area contributed by atoms with Crippen molar-refractivity contribution in [3.63, 3.8) is 0 Å². The molecule has 0 spiro atoms. The Balaban J connectivity index is 2.44. The quantitative estimate of drug-likeness (QED) is 0.814. The summed E-state index contributed by atoms with van der Waals surface area (Å²) >= 11 is 0. The second-order valence-corrected chi connectivity index (χ2v) is 5.02. The number of amides is 1. The van der Waals surface area contributed by atoms with Gasteiger partial charge in [-0.1, -0.05) is 0 Å². The number of hydrogen-bond acceptors (Lipinski definition) is 5. The third-order valence-electron chi connectivity index (χ3n) is 3.66. The highest BCUT2D eigenvalue weighted by molar-refractivity contribution is 5.97. The summed E-state index contributed by atoms with van der Waals surface area (Å²) in [5, 5.41) is 9.29. The number of nitrogens with zero attached hydrogens (tertiary/aromatic N) is 2. The normalized spacial score (nSPS) is 21.2. The molecule has 2 atom stereocenters. The summed E-state index contributed by atoms with van der Waals surface area (Å²) < 4.78 is 5.30. The lowest BCUT2D eigenvalue weighted by molar-refractivity contribution is -0.141. The molecule has 0 radical (unpaired) electrons. The number of carbonyl (C=O) groups is 2. The number of likely N-dealkylation sites (N-methyl/N-ethyl adjacent to an activating group) is 1. The van der Waals surface area contributed by atoms with E-state index in [0.29, 0.717) is 24.5 Å². The van der Waals surface area contributed by atoms with Gasteiger partial charge in [0, 0.05) is 12.2 Å².